The van der Waals surface area contributed by atoms with Crippen molar-refractivity contribution in [3.63, 3.8) is 0 Å². The smallest absolute Gasteiger partial charge is 0.236 e. The van der Waals surface area contributed by atoms with E-state index < -0.39 is 0 Å². The van der Waals surface area contributed by atoms with Crippen molar-refractivity contribution in [3.05, 3.63) is 31.0 Å². The highest BCUT2D eigenvalue weighted by Crippen LogP contribution is 2.18. The summed E-state index contributed by atoms with van der Waals surface area (Å²) < 4.78 is 1.76. The molecule has 27 heavy (non-hydrogen) atoms. The Bertz CT molecular complexity index is 696. The molecule has 1 saturated heterocycles. The summed E-state index contributed by atoms with van der Waals surface area (Å²) in [5.41, 5.74) is 0. The van der Waals surface area contributed by atoms with Gasteiger partial charge in [0.15, 0.2) is 0 Å². The molecule has 1 fully saturated rings. The highest BCUT2D eigenvalue weighted by molar-refractivity contribution is 5.92. The lowest BCUT2D eigenvalue weighted by molar-refractivity contribution is -0.119. The van der Waals surface area contributed by atoms with Gasteiger partial charge in [-0.2, -0.15) is 4.98 Å². The molecular weight excluding hydrogens is 340 g/mol. The van der Waals surface area contributed by atoms with Crippen LogP contribution in [0.2, 0.25) is 0 Å². The minimum absolute atomic E-state index is 0.140. The van der Waals surface area contributed by atoms with Crippen molar-refractivity contribution >= 4 is 11.7 Å². The molecule has 0 aromatic carbocycles. The van der Waals surface area contributed by atoms with Gasteiger partial charge in [0.1, 0.15) is 12.1 Å². The SMILES string of the molecule is CCCCCCN(C(=O)CC1CCCCN1)c1ccnc(-n2ccnc2)n1. The molecule has 1 aliphatic heterocycles. The van der Waals surface area contributed by atoms with Crippen LogP contribution >= 0.6 is 0 Å². The maximum atomic E-state index is 13.1. The number of anilines is 1. The van der Waals surface area contributed by atoms with E-state index in [1.54, 1.807) is 29.5 Å². The Morgan fingerprint density at radius 1 is 1.30 bits per heavy atom. The second-order valence-corrected chi connectivity index (χ2v) is 7.14. The molecule has 0 spiro atoms. The fourth-order valence-corrected chi connectivity index (χ4v) is 3.47. The van der Waals surface area contributed by atoms with Crippen LogP contribution in [0.4, 0.5) is 5.82 Å². The first-order valence-corrected chi connectivity index (χ1v) is 10.1. The molecule has 7 nitrogen and oxygen atoms in total. The van der Waals surface area contributed by atoms with Crippen LogP contribution in [-0.2, 0) is 4.79 Å². The van der Waals surface area contributed by atoms with E-state index in [4.69, 9.17) is 0 Å². The van der Waals surface area contributed by atoms with Crippen molar-refractivity contribution < 1.29 is 4.79 Å². The van der Waals surface area contributed by atoms with Crippen LogP contribution in [0, 0.1) is 0 Å². The van der Waals surface area contributed by atoms with E-state index in [-0.39, 0.29) is 11.9 Å². The van der Waals surface area contributed by atoms with E-state index in [1.807, 2.05) is 11.0 Å². The van der Waals surface area contributed by atoms with E-state index in [0.29, 0.717) is 24.7 Å². The molecule has 0 aliphatic carbocycles. The first-order chi connectivity index (χ1) is 13.3. The highest BCUT2D eigenvalue weighted by atomic mass is 16.2. The fourth-order valence-electron chi connectivity index (χ4n) is 3.47. The van der Waals surface area contributed by atoms with Crippen LogP contribution in [0.1, 0.15) is 58.3 Å². The average Bonchev–Trinajstić information content (AvgIpc) is 3.24. The number of carbonyl (C=O) groups excluding carboxylic acids is 1. The molecule has 0 bridgehead atoms. The van der Waals surface area contributed by atoms with Crippen molar-refractivity contribution in [1.29, 1.82) is 0 Å². The molecule has 1 unspecified atom stereocenters. The van der Waals surface area contributed by atoms with Gasteiger partial charge in [0, 0.05) is 37.6 Å². The largest absolute Gasteiger partial charge is 0.313 e. The lowest BCUT2D eigenvalue weighted by Crippen LogP contribution is -2.41. The Balaban J connectivity index is 1.74. The zero-order valence-corrected chi connectivity index (χ0v) is 16.2. The second kappa shape index (κ2) is 10.2. The van der Waals surface area contributed by atoms with E-state index in [1.165, 1.54) is 25.7 Å². The Morgan fingerprint density at radius 3 is 2.96 bits per heavy atom. The van der Waals surface area contributed by atoms with Gasteiger partial charge in [-0.15, -0.1) is 0 Å². The van der Waals surface area contributed by atoms with Crippen LogP contribution in [0.15, 0.2) is 31.0 Å². The molecule has 2 aromatic heterocycles. The third-order valence-corrected chi connectivity index (χ3v) is 5.01. The van der Waals surface area contributed by atoms with Crippen LogP contribution in [0.25, 0.3) is 5.95 Å². The number of imidazole rings is 1. The molecular formula is C20H30N6O. The molecule has 0 radical (unpaired) electrons. The summed E-state index contributed by atoms with van der Waals surface area (Å²) in [6.07, 6.45) is 15.3. The lowest BCUT2D eigenvalue weighted by Gasteiger charge is -2.27. The van der Waals surface area contributed by atoms with Crippen LogP contribution in [-0.4, -0.2) is 44.6 Å². The highest BCUT2D eigenvalue weighted by Gasteiger charge is 2.23. The molecule has 1 aliphatic rings. The number of piperidine rings is 1. The number of amides is 1. The zero-order chi connectivity index (χ0) is 18.9. The molecule has 7 heteroatoms. The molecule has 3 heterocycles. The molecule has 1 amide bonds. The van der Waals surface area contributed by atoms with Gasteiger partial charge in [-0.1, -0.05) is 32.6 Å². The Labute approximate surface area is 161 Å². The predicted octanol–water partition coefficient (Wildman–Crippen LogP) is 3.11. The quantitative estimate of drug-likeness (QED) is 0.687. The number of unbranched alkanes of at least 4 members (excludes halogenated alkanes) is 3. The van der Waals surface area contributed by atoms with Gasteiger partial charge in [-0.05, 0) is 31.9 Å². The molecule has 3 rings (SSSR count). The normalized spacial score (nSPS) is 17.0. The predicted molar refractivity (Wildman–Crippen MR) is 106 cm³/mol. The first kappa shape index (κ1) is 19.5. The number of carbonyl (C=O) groups is 1. The summed E-state index contributed by atoms with van der Waals surface area (Å²) in [5.74, 6) is 1.35. The minimum atomic E-state index is 0.140. The first-order valence-electron chi connectivity index (χ1n) is 10.1. The van der Waals surface area contributed by atoms with Gasteiger partial charge >= 0.3 is 0 Å². The van der Waals surface area contributed by atoms with Crippen molar-refractivity contribution in [3.8, 4) is 5.95 Å². The zero-order valence-electron chi connectivity index (χ0n) is 16.2. The molecule has 2 aromatic rings. The summed E-state index contributed by atoms with van der Waals surface area (Å²) in [4.78, 5) is 27.9. The van der Waals surface area contributed by atoms with Gasteiger partial charge in [0.05, 0.1) is 0 Å². The molecule has 0 saturated carbocycles. The third kappa shape index (κ3) is 5.60. The Morgan fingerprint density at radius 2 is 2.22 bits per heavy atom. The summed E-state index contributed by atoms with van der Waals surface area (Å²) in [7, 11) is 0. The maximum Gasteiger partial charge on any atom is 0.236 e. The van der Waals surface area contributed by atoms with E-state index >= 15 is 0 Å². The van der Waals surface area contributed by atoms with Crippen LogP contribution in [0.5, 0.6) is 0 Å². The number of nitrogens with zero attached hydrogens (tertiary/aromatic N) is 5. The standard InChI is InChI=1S/C20H30N6O/c1-2-3-4-7-13-26(19(27)15-17-8-5-6-10-22-17)18-9-11-23-20(24-18)25-14-12-21-16-25/h9,11-12,14,16-17,22H,2-8,10,13,15H2,1H3. The molecule has 1 N–H and O–H groups in total. The van der Waals surface area contributed by atoms with Crippen LogP contribution in [0.3, 0.4) is 0 Å². The second-order valence-electron chi connectivity index (χ2n) is 7.14. The van der Waals surface area contributed by atoms with Gasteiger partial charge in [0.2, 0.25) is 11.9 Å². The van der Waals surface area contributed by atoms with Crippen molar-refractivity contribution in [2.24, 2.45) is 0 Å². The van der Waals surface area contributed by atoms with E-state index in [2.05, 4.69) is 27.2 Å². The number of hydrogen-bond acceptors (Lipinski definition) is 5. The third-order valence-electron chi connectivity index (χ3n) is 5.01. The lowest BCUT2D eigenvalue weighted by atomic mass is 10.0. The maximum absolute atomic E-state index is 13.1. The van der Waals surface area contributed by atoms with Gasteiger partial charge in [-0.3, -0.25) is 14.3 Å². The number of aromatic nitrogens is 4. The number of hydrogen-bond donors (Lipinski definition) is 1. The van der Waals surface area contributed by atoms with E-state index in [0.717, 1.165) is 25.8 Å². The van der Waals surface area contributed by atoms with Crippen molar-refractivity contribution in [2.75, 3.05) is 18.0 Å². The molecule has 1 atom stereocenters. The minimum Gasteiger partial charge on any atom is -0.313 e. The summed E-state index contributed by atoms with van der Waals surface area (Å²) >= 11 is 0. The number of rotatable bonds is 9. The topological polar surface area (TPSA) is 75.9 Å². The number of nitrogens with one attached hydrogen (secondary N) is 1. The van der Waals surface area contributed by atoms with Gasteiger partial charge in [-0.25, -0.2) is 9.97 Å². The summed E-state index contributed by atoms with van der Waals surface area (Å²) in [6, 6.07) is 2.10. The summed E-state index contributed by atoms with van der Waals surface area (Å²) in [5, 5.41) is 3.47. The van der Waals surface area contributed by atoms with E-state index in [9.17, 15) is 4.79 Å². The van der Waals surface area contributed by atoms with Crippen molar-refractivity contribution in [2.45, 2.75) is 64.3 Å². The monoisotopic (exact) mass is 370 g/mol. The Hall–Kier alpha value is -2.28. The Kier molecular flexibility index (Phi) is 7.33. The average molecular weight is 371 g/mol. The molecule has 146 valence electrons. The van der Waals surface area contributed by atoms with Gasteiger partial charge in [0.25, 0.3) is 0 Å². The van der Waals surface area contributed by atoms with Crippen LogP contribution < -0.4 is 10.2 Å². The van der Waals surface area contributed by atoms with Crippen molar-refractivity contribution in [1.82, 2.24) is 24.8 Å². The van der Waals surface area contributed by atoms with Gasteiger partial charge < -0.3 is 5.32 Å². The summed E-state index contributed by atoms with van der Waals surface area (Å²) in [6.45, 7) is 3.90. The fraction of sp³-hybridized carbons (Fsp3) is 0.600.